The first-order valence-electron chi connectivity index (χ1n) is 5.88. The molecule has 2 rings (SSSR count). The minimum absolute atomic E-state index is 0.216. The Hall–Kier alpha value is -0.800. The standard InChI is InChI=1S/C12H14BrN3O2S2/c13-11-5-9(6-14)1-2-12(11)20(17,18)16-4-3-10-7-19-8-15-10/h1-2,5,7-8,16H,3-4,6,14H2. The van der Waals surface area contributed by atoms with Crippen molar-refractivity contribution in [3.05, 3.63) is 44.8 Å². The number of nitrogens with two attached hydrogens (primary N) is 1. The fourth-order valence-corrected chi connectivity index (χ4v) is 4.39. The van der Waals surface area contributed by atoms with Crippen molar-refractivity contribution in [3.8, 4) is 0 Å². The highest BCUT2D eigenvalue weighted by Crippen LogP contribution is 2.23. The van der Waals surface area contributed by atoms with Crippen LogP contribution in [0.3, 0.4) is 0 Å². The zero-order valence-electron chi connectivity index (χ0n) is 10.5. The number of benzene rings is 1. The van der Waals surface area contributed by atoms with Gasteiger partial charge in [0, 0.05) is 29.4 Å². The van der Waals surface area contributed by atoms with E-state index in [-0.39, 0.29) is 4.90 Å². The van der Waals surface area contributed by atoms with Gasteiger partial charge in [0.25, 0.3) is 0 Å². The van der Waals surface area contributed by atoms with Crippen LogP contribution in [0, 0.1) is 0 Å². The summed E-state index contributed by atoms with van der Waals surface area (Å²) in [5.41, 5.74) is 9.01. The molecule has 2 aromatic rings. The molecule has 0 saturated heterocycles. The maximum Gasteiger partial charge on any atom is 0.241 e. The Kier molecular flexibility index (Phi) is 5.28. The summed E-state index contributed by atoms with van der Waals surface area (Å²) in [6.07, 6.45) is 0.571. The van der Waals surface area contributed by atoms with Crippen LogP contribution in [0.5, 0.6) is 0 Å². The van der Waals surface area contributed by atoms with Crippen LogP contribution in [0.2, 0.25) is 0 Å². The molecule has 1 aromatic carbocycles. The molecule has 0 fully saturated rings. The summed E-state index contributed by atoms with van der Waals surface area (Å²) >= 11 is 4.76. The molecule has 8 heteroatoms. The van der Waals surface area contributed by atoms with Gasteiger partial charge >= 0.3 is 0 Å². The van der Waals surface area contributed by atoms with Gasteiger partial charge in [-0.2, -0.15) is 0 Å². The maximum atomic E-state index is 12.2. The normalized spacial score (nSPS) is 11.7. The average Bonchev–Trinajstić information content (AvgIpc) is 2.91. The number of hydrogen-bond acceptors (Lipinski definition) is 5. The number of hydrogen-bond donors (Lipinski definition) is 2. The molecule has 0 aliphatic rings. The van der Waals surface area contributed by atoms with Crippen LogP contribution in [0.1, 0.15) is 11.3 Å². The molecular weight excluding hydrogens is 362 g/mol. The van der Waals surface area contributed by atoms with Gasteiger partial charge in [0.1, 0.15) is 0 Å². The number of sulfonamides is 1. The highest BCUT2D eigenvalue weighted by molar-refractivity contribution is 9.10. The summed E-state index contributed by atoms with van der Waals surface area (Å²) in [6, 6.07) is 4.98. The van der Waals surface area contributed by atoms with Crippen molar-refractivity contribution in [1.29, 1.82) is 0 Å². The van der Waals surface area contributed by atoms with Crippen molar-refractivity contribution in [2.75, 3.05) is 6.54 Å². The number of halogens is 1. The Labute approximate surface area is 130 Å². The molecule has 0 atom stereocenters. The van der Waals surface area contributed by atoms with Gasteiger partial charge in [-0.05, 0) is 33.6 Å². The van der Waals surface area contributed by atoms with Crippen LogP contribution in [0.4, 0.5) is 0 Å². The molecule has 5 nitrogen and oxygen atoms in total. The number of aromatic nitrogens is 1. The van der Waals surface area contributed by atoms with Crippen LogP contribution in [0.15, 0.2) is 38.5 Å². The van der Waals surface area contributed by atoms with Crippen LogP contribution >= 0.6 is 27.3 Å². The van der Waals surface area contributed by atoms with Gasteiger partial charge in [-0.15, -0.1) is 11.3 Å². The van der Waals surface area contributed by atoms with E-state index in [2.05, 4.69) is 25.6 Å². The van der Waals surface area contributed by atoms with Crippen molar-refractivity contribution in [2.45, 2.75) is 17.9 Å². The summed E-state index contributed by atoms with van der Waals surface area (Å²) in [5, 5.41) is 1.90. The summed E-state index contributed by atoms with van der Waals surface area (Å²) < 4.78 is 27.5. The van der Waals surface area contributed by atoms with E-state index in [4.69, 9.17) is 5.73 Å². The minimum Gasteiger partial charge on any atom is -0.326 e. The molecule has 1 aromatic heterocycles. The molecule has 0 radical (unpaired) electrons. The average molecular weight is 376 g/mol. The molecule has 0 aliphatic carbocycles. The minimum atomic E-state index is -3.53. The maximum absolute atomic E-state index is 12.2. The van der Waals surface area contributed by atoms with Crippen molar-refractivity contribution < 1.29 is 8.42 Å². The fraction of sp³-hybridized carbons (Fsp3) is 0.250. The molecule has 0 aliphatic heterocycles. The first-order chi connectivity index (χ1) is 9.53. The third-order valence-electron chi connectivity index (χ3n) is 2.68. The van der Waals surface area contributed by atoms with E-state index < -0.39 is 10.0 Å². The molecular formula is C12H14BrN3O2S2. The van der Waals surface area contributed by atoms with Gasteiger partial charge < -0.3 is 5.73 Å². The van der Waals surface area contributed by atoms with Crippen molar-refractivity contribution in [2.24, 2.45) is 5.73 Å². The monoisotopic (exact) mass is 375 g/mol. The molecule has 0 unspecified atom stereocenters. The Balaban J connectivity index is 2.06. The highest BCUT2D eigenvalue weighted by Gasteiger charge is 2.17. The third-order valence-corrected chi connectivity index (χ3v) is 5.75. The van der Waals surface area contributed by atoms with Crippen molar-refractivity contribution >= 4 is 37.3 Å². The lowest BCUT2D eigenvalue weighted by molar-refractivity contribution is 0.581. The van der Waals surface area contributed by atoms with Crippen molar-refractivity contribution in [1.82, 2.24) is 9.71 Å². The summed E-state index contributed by atoms with van der Waals surface area (Å²) in [4.78, 5) is 4.33. The molecule has 20 heavy (non-hydrogen) atoms. The fourth-order valence-electron chi connectivity index (χ4n) is 1.64. The van der Waals surface area contributed by atoms with Gasteiger partial charge in [0.05, 0.1) is 16.1 Å². The molecule has 0 amide bonds. The largest absolute Gasteiger partial charge is 0.326 e. The number of thiazole rings is 1. The van der Waals surface area contributed by atoms with Crippen LogP contribution in [-0.2, 0) is 23.0 Å². The van der Waals surface area contributed by atoms with E-state index in [0.717, 1.165) is 11.3 Å². The molecule has 0 bridgehead atoms. The van der Waals surface area contributed by atoms with Gasteiger partial charge in [0.2, 0.25) is 10.0 Å². The number of rotatable bonds is 6. The highest BCUT2D eigenvalue weighted by atomic mass is 79.9. The second kappa shape index (κ2) is 6.77. The Morgan fingerprint density at radius 1 is 1.40 bits per heavy atom. The SMILES string of the molecule is NCc1ccc(S(=O)(=O)NCCc2cscn2)c(Br)c1. The lowest BCUT2D eigenvalue weighted by Gasteiger charge is -2.09. The lowest BCUT2D eigenvalue weighted by Crippen LogP contribution is -2.26. The van der Waals surface area contributed by atoms with Gasteiger partial charge in [0.15, 0.2) is 0 Å². The molecule has 108 valence electrons. The predicted molar refractivity (Wildman–Crippen MR) is 83.0 cm³/mol. The first-order valence-corrected chi connectivity index (χ1v) is 9.10. The molecule has 3 N–H and O–H groups in total. The topological polar surface area (TPSA) is 85.1 Å². The van der Waals surface area contributed by atoms with E-state index in [1.807, 2.05) is 5.38 Å². The number of nitrogens with zero attached hydrogens (tertiary/aromatic N) is 1. The number of nitrogens with one attached hydrogen (secondary N) is 1. The van der Waals surface area contributed by atoms with Gasteiger partial charge in [-0.1, -0.05) is 6.07 Å². The van der Waals surface area contributed by atoms with Crippen molar-refractivity contribution in [3.63, 3.8) is 0 Å². The van der Waals surface area contributed by atoms with Crippen LogP contribution < -0.4 is 10.5 Å². The Bertz CT molecular complexity index is 672. The van der Waals surface area contributed by atoms with Gasteiger partial charge in [-0.25, -0.2) is 18.1 Å². The second-order valence-corrected chi connectivity index (χ2v) is 7.40. The zero-order chi connectivity index (χ0) is 14.6. The molecule has 1 heterocycles. The van der Waals surface area contributed by atoms with E-state index in [9.17, 15) is 8.42 Å². The quantitative estimate of drug-likeness (QED) is 0.806. The van der Waals surface area contributed by atoms with E-state index in [1.165, 1.54) is 11.3 Å². The van der Waals surface area contributed by atoms with Crippen LogP contribution in [-0.4, -0.2) is 19.9 Å². The molecule has 0 saturated carbocycles. The molecule has 0 spiro atoms. The smallest absolute Gasteiger partial charge is 0.241 e. The van der Waals surface area contributed by atoms with E-state index in [0.29, 0.717) is 24.0 Å². The summed E-state index contributed by atoms with van der Waals surface area (Å²) in [6.45, 7) is 0.688. The third kappa shape index (κ3) is 3.86. The van der Waals surface area contributed by atoms with E-state index in [1.54, 1.807) is 23.7 Å². The van der Waals surface area contributed by atoms with E-state index >= 15 is 0 Å². The zero-order valence-corrected chi connectivity index (χ0v) is 13.8. The predicted octanol–water partition coefficient (Wildman–Crippen LogP) is 1.89. The Morgan fingerprint density at radius 3 is 2.80 bits per heavy atom. The Morgan fingerprint density at radius 2 is 2.20 bits per heavy atom. The summed E-state index contributed by atoms with van der Waals surface area (Å²) in [5.74, 6) is 0. The summed E-state index contributed by atoms with van der Waals surface area (Å²) in [7, 11) is -3.53. The van der Waals surface area contributed by atoms with Crippen LogP contribution in [0.25, 0.3) is 0 Å². The first kappa shape index (κ1) is 15.6. The lowest BCUT2D eigenvalue weighted by atomic mass is 10.2. The van der Waals surface area contributed by atoms with Gasteiger partial charge in [-0.3, -0.25) is 0 Å². The second-order valence-electron chi connectivity index (χ2n) is 4.10.